The van der Waals surface area contributed by atoms with Crippen LogP contribution in [0, 0.1) is 0 Å². The van der Waals surface area contributed by atoms with Crippen LogP contribution in [0.2, 0.25) is 0 Å². The normalized spacial score (nSPS) is 12.2. The van der Waals surface area contributed by atoms with Crippen molar-refractivity contribution in [3.8, 4) is 5.75 Å². The highest BCUT2D eigenvalue weighted by Gasteiger charge is 2.04. The van der Waals surface area contributed by atoms with Crippen LogP contribution >= 0.6 is 0 Å². The second-order valence-electron chi connectivity index (χ2n) is 5.63. The van der Waals surface area contributed by atoms with Crippen LogP contribution in [0.5, 0.6) is 5.75 Å². The Morgan fingerprint density at radius 2 is 1.86 bits per heavy atom. The molecule has 0 aliphatic heterocycles. The molecule has 4 heteroatoms. The largest absolute Gasteiger partial charge is 0.493 e. The van der Waals surface area contributed by atoms with Gasteiger partial charge in [-0.3, -0.25) is 4.79 Å². The first-order chi connectivity index (χ1) is 10.0. The van der Waals surface area contributed by atoms with Crippen LogP contribution in [0.3, 0.4) is 0 Å². The Kier molecular flexibility index (Phi) is 7.83. The summed E-state index contributed by atoms with van der Waals surface area (Å²) in [5.74, 6) is 0.841. The average molecular weight is 292 g/mol. The van der Waals surface area contributed by atoms with Gasteiger partial charge in [-0.2, -0.15) is 0 Å². The molecule has 0 spiro atoms. The molecule has 0 fully saturated rings. The lowest BCUT2D eigenvalue weighted by Gasteiger charge is -2.13. The average Bonchev–Trinajstić information content (AvgIpc) is 2.40. The molecule has 2 N–H and O–H groups in total. The van der Waals surface area contributed by atoms with Crippen LogP contribution in [-0.2, 0) is 11.2 Å². The summed E-state index contributed by atoms with van der Waals surface area (Å²) in [6, 6.07) is 8.74. The highest BCUT2D eigenvalue weighted by Crippen LogP contribution is 2.13. The summed E-state index contributed by atoms with van der Waals surface area (Å²) in [7, 11) is 0. The minimum absolute atomic E-state index is 0.0288. The third-order valence-electron chi connectivity index (χ3n) is 3.07. The van der Waals surface area contributed by atoms with Gasteiger partial charge in [0.2, 0.25) is 5.91 Å². The molecular formula is C17H28N2O2. The van der Waals surface area contributed by atoms with Gasteiger partial charge < -0.3 is 15.4 Å². The van der Waals surface area contributed by atoms with E-state index in [1.165, 1.54) is 5.56 Å². The molecule has 0 heterocycles. The van der Waals surface area contributed by atoms with Crippen molar-refractivity contribution in [2.45, 2.75) is 52.6 Å². The zero-order valence-electron chi connectivity index (χ0n) is 13.6. The summed E-state index contributed by atoms with van der Waals surface area (Å²) in [5.41, 5.74) is 1.29. The minimum Gasteiger partial charge on any atom is -0.493 e. The molecule has 0 aliphatic rings. The molecule has 1 atom stereocenters. The van der Waals surface area contributed by atoms with Crippen molar-refractivity contribution in [2.75, 3.05) is 13.2 Å². The monoisotopic (exact) mass is 292 g/mol. The van der Waals surface area contributed by atoms with E-state index in [0.29, 0.717) is 19.1 Å². The predicted octanol–water partition coefficient (Wildman–Crippen LogP) is 2.52. The molecule has 1 amide bonds. The minimum atomic E-state index is 0.0288. The molecule has 1 rings (SSSR count). The number of ether oxygens (including phenoxy) is 1. The Hall–Kier alpha value is -1.55. The number of hydrogen-bond acceptors (Lipinski definition) is 3. The van der Waals surface area contributed by atoms with Crippen LogP contribution in [0.1, 0.15) is 39.7 Å². The molecule has 0 bridgehead atoms. The fourth-order valence-corrected chi connectivity index (χ4v) is 2.15. The van der Waals surface area contributed by atoms with Gasteiger partial charge in [0.1, 0.15) is 5.75 Å². The van der Waals surface area contributed by atoms with Crippen LogP contribution < -0.4 is 15.4 Å². The van der Waals surface area contributed by atoms with Gasteiger partial charge in [-0.05, 0) is 51.4 Å². The summed E-state index contributed by atoms with van der Waals surface area (Å²) in [5, 5.41) is 6.24. The van der Waals surface area contributed by atoms with Crippen molar-refractivity contribution in [1.82, 2.24) is 10.6 Å². The molecule has 0 radical (unpaired) electrons. The van der Waals surface area contributed by atoms with Gasteiger partial charge in [0.05, 0.1) is 13.0 Å². The van der Waals surface area contributed by atoms with E-state index < -0.39 is 0 Å². The number of rotatable bonds is 9. The molecule has 4 nitrogen and oxygen atoms in total. The molecular weight excluding hydrogens is 264 g/mol. The third kappa shape index (κ3) is 7.71. The number of carbonyl (C=O) groups excluding carboxylic acids is 1. The van der Waals surface area contributed by atoms with Gasteiger partial charge in [0, 0.05) is 12.1 Å². The lowest BCUT2D eigenvalue weighted by molar-refractivity contribution is -0.122. The quantitative estimate of drug-likeness (QED) is 0.735. The van der Waals surface area contributed by atoms with Crippen LogP contribution in [0.4, 0.5) is 0 Å². The van der Waals surface area contributed by atoms with Crippen molar-refractivity contribution in [3.63, 3.8) is 0 Å². The Balaban J connectivity index is 2.32. The lowest BCUT2D eigenvalue weighted by atomic mass is 10.1. The van der Waals surface area contributed by atoms with E-state index in [9.17, 15) is 4.79 Å². The van der Waals surface area contributed by atoms with E-state index in [1.807, 2.05) is 26.0 Å². The number of carbonyl (C=O) groups is 1. The Morgan fingerprint density at radius 3 is 2.43 bits per heavy atom. The maximum atomic E-state index is 11.5. The number of benzene rings is 1. The molecule has 1 unspecified atom stereocenters. The number of amides is 1. The number of hydrogen-bond donors (Lipinski definition) is 2. The summed E-state index contributed by atoms with van der Waals surface area (Å²) in [4.78, 5) is 11.5. The van der Waals surface area contributed by atoms with E-state index in [1.54, 1.807) is 0 Å². The van der Waals surface area contributed by atoms with E-state index >= 15 is 0 Å². The van der Waals surface area contributed by atoms with Gasteiger partial charge in [0.25, 0.3) is 0 Å². The predicted molar refractivity (Wildman–Crippen MR) is 86.7 cm³/mol. The molecule has 0 aromatic heterocycles. The van der Waals surface area contributed by atoms with Crippen LogP contribution in [0.15, 0.2) is 24.3 Å². The van der Waals surface area contributed by atoms with E-state index in [-0.39, 0.29) is 11.9 Å². The molecule has 21 heavy (non-hydrogen) atoms. The Morgan fingerprint density at radius 1 is 1.19 bits per heavy atom. The fourth-order valence-electron chi connectivity index (χ4n) is 2.15. The first-order valence-corrected chi connectivity index (χ1v) is 7.75. The fraction of sp³-hybridized carbons (Fsp3) is 0.588. The van der Waals surface area contributed by atoms with Gasteiger partial charge in [0.15, 0.2) is 0 Å². The zero-order chi connectivity index (χ0) is 15.7. The molecule has 1 aromatic rings. The molecule has 0 aliphatic carbocycles. The Bertz CT molecular complexity index is 415. The van der Waals surface area contributed by atoms with Crippen molar-refractivity contribution >= 4 is 5.91 Å². The molecule has 1 aromatic carbocycles. The second-order valence-corrected chi connectivity index (χ2v) is 5.63. The molecule has 0 saturated heterocycles. The highest BCUT2D eigenvalue weighted by molar-refractivity contribution is 5.76. The third-order valence-corrected chi connectivity index (χ3v) is 3.07. The first-order valence-electron chi connectivity index (χ1n) is 7.75. The second kappa shape index (κ2) is 9.40. The van der Waals surface area contributed by atoms with E-state index in [2.05, 4.69) is 36.6 Å². The summed E-state index contributed by atoms with van der Waals surface area (Å²) >= 11 is 0. The number of likely N-dealkylation sites (N-methyl/N-ethyl adjacent to an activating group) is 1. The van der Waals surface area contributed by atoms with Crippen molar-refractivity contribution in [1.29, 1.82) is 0 Å². The summed E-state index contributed by atoms with van der Waals surface area (Å²) in [6.07, 6.45) is 1.39. The van der Waals surface area contributed by atoms with E-state index in [0.717, 1.165) is 18.7 Å². The molecule has 0 saturated carbocycles. The highest BCUT2D eigenvalue weighted by atomic mass is 16.5. The topological polar surface area (TPSA) is 50.4 Å². The van der Waals surface area contributed by atoms with Crippen molar-refractivity contribution in [2.24, 2.45) is 0 Å². The zero-order valence-corrected chi connectivity index (χ0v) is 13.6. The van der Waals surface area contributed by atoms with Crippen molar-refractivity contribution < 1.29 is 9.53 Å². The van der Waals surface area contributed by atoms with Gasteiger partial charge in [-0.1, -0.05) is 19.1 Å². The standard InChI is InChI=1S/C17H28N2O2/c1-5-18-14(4)12-15-6-8-16(9-7-15)21-11-10-17(20)19-13(2)3/h6-9,13-14,18H,5,10-12H2,1-4H3,(H,19,20). The number of nitrogens with one attached hydrogen (secondary N) is 2. The van der Waals surface area contributed by atoms with Crippen molar-refractivity contribution in [3.05, 3.63) is 29.8 Å². The maximum Gasteiger partial charge on any atom is 0.223 e. The van der Waals surface area contributed by atoms with E-state index in [4.69, 9.17) is 4.74 Å². The first kappa shape index (κ1) is 17.5. The summed E-state index contributed by atoms with van der Waals surface area (Å²) in [6.45, 7) is 9.59. The summed E-state index contributed by atoms with van der Waals surface area (Å²) < 4.78 is 5.59. The van der Waals surface area contributed by atoms with Gasteiger partial charge >= 0.3 is 0 Å². The Labute approximate surface area is 128 Å². The van der Waals surface area contributed by atoms with Crippen LogP contribution in [0.25, 0.3) is 0 Å². The van der Waals surface area contributed by atoms with Crippen LogP contribution in [-0.4, -0.2) is 31.1 Å². The van der Waals surface area contributed by atoms with Gasteiger partial charge in [-0.15, -0.1) is 0 Å². The molecule has 118 valence electrons. The lowest BCUT2D eigenvalue weighted by Crippen LogP contribution is -2.31. The smallest absolute Gasteiger partial charge is 0.223 e. The SMILES string of the molecule is CCNC(C)Cc1ccc(OCCC(=O)NC(C)C)cc1. The maximum absolute atomic E-state index is 11.5. The van der Waals surface area contributed by atoms with Gasteiger partial charge in [-0.25, -0.2) is 0 Å².